The highest BCUT2D eigenvalue weighted by Crippen LogP contribution is 2.34. The van der Waals surface area contributed by atoms with Gasteiger partial charge in [0.25, 0.3) is 0 Å². The molecule has 0 atom stereocenters. The van der Waals surface area contributed by atoms with E-state index in [-0.39, 0.29) is 6.03 Å². The first kappa shape index (κ1) is 21.0. The first-order valence-electron chi connectivity index (χ1n) is 10.8. The van der Waals surface area contributed by atoms with E-state index in [0.717, 1.165) is 24.7 Å². The molecule has 0 bridgehead atoms. The number of carbonyl (C=O) groups is 1. The topological polar surface area (TPSA) is 83.1 Å². The molecule has 9 nitrogen and oxygen atoms in total. The molecule has 2 amide bonds. The predicted octanol–water partition coefficient (Wildman–Crippen LogP) is 2.84. The molecular weight excluding hydrogens is 396 g/mol. The fourth-order valence-electron chi connectivity index (χ4n) is 4.10. The second-order valence-corrected chi connectivity index (χ2v) is 7.74. The summed E-state index contributed by atoms with van der Waals surface area (Å²) in [5.41, 5.74) is 0.591. The fourth-order valence-corrected chi connectivity index (χ4v) is 4.10. The maximum atomic E-state index is 12.8. The van der Waals surface area contributed by atoms with Crippen LogP contribution in [0, 0.1) is 0 Å². The number of amides is 2. The van der Waals surface area contributed by atoms with Gasteiger partial charge in [0.2, 0.25) is 0 Å². The largest absolute Gasteiger partial charge is 0.493 e. The van der Waals surface area contributed by atoms with E-state index in [1.165, 1.54) is 19.3 Å². The summed E-state index contributed by atoms with van der Waals surface area (Å²) in [7, 11) is 3.13. The summed E-state index contributed by atoms with van der Waals surface area (Å²) < 4.78 is 10.7. The van der Waals surface area contributed by atoms with Crippen molar-refractivity contribution in [1.82, 2.24) is 15.1 Å². The lowest BCUT2D eigenvalue weighted by molar-refractivity contribution is 0.208. The van der Waals surface area contributed by atoms with Gasteiger partial charge in [-0.25, -0.2) is 4.79 Å². The Bertz CT molecular complexity index is 877. The molecule has 9 heteroatoms. The van der Waals surface area contributed by atoms with Crippen LogP contribution in [0.1, 0.15) is 19.3 Å². The molecule has 0 unspecified atom stereocenters. The molecule has 2 fully saturated rings. The number of rotatable bonds is 5. The van der Waals surface area contributed by atoms with Gasteiger partial charge in [0, 0.05) is 39.3 Å². The molecule has 1 aromatic carbocycles. The van der Waals surface area contributed by atoms with Gasteiger partial charge in [-0.15, -0.1) is 10.2 Å². The highest BCUT2D eigenvalue weighted by Gasteiger charge is 2.24. The number of benzene rings is 1. The molecule has 4 rings (SSSR count). The number of piperidine rings is 1. The Morgan fingerprint density at radius 3 is 2.06 bits per heavy atom. The summed E-state index contributed by atoms with van der Waals surface area (Å²) in [6.07, 6.45) is 3.73. The van der Waals surface area contributed by atoms with E-state index in [9.17, 15) is 4.79 Å². The predicted molar refractivity (Wildman–Crippen MR) is 120 cm³/mol. The Balaban J connectivity index is 1.33. The third-order valence-corrected chi connectivity index (χ3v) is 5.85. The maximum absolute atomic E-state index is 12.8. The zero-order chi connectivity index (χ0) is 21.6. The van der Waals surface area contributed by atoms with Crippen molar-refractivity contribution in [1.29, 1.82) is 0 Å². The fraction of sp³-hybridized carbons (Fsp3) is 0.500. The summed E-state index contributed by atoms with van der Waals surface area (Å²) in [6.45, 7) is 4.74. The van der Waals surface area contributed by atoms with Crippen molar-refractivity contribution in [3.63, 3.8) is 0 Å². The Morgan fingerprint density at radius 1 is 0.839 bits per heavy atom. The molecule has 0 aliphatic carbocycles. The van der Waals surface area contributed by atoms with Crippen molar-refractivity contribution in [2.45, 2.75) is 19.3 Å². The molecule has 3 heterocycles. The van der Waals surface area contributed by atoms with E-state index < -0.39 is 0 Å². The van der Waals surface area contributed by atoms with Crippen molar-refractivity contribution in [2.75, 3.05) is 68.6 Å². The quantitative estimate of drug-likeness (QED) is 0.787. The van der Waals surface area contributed by atoms with E-state index in [0.29, 0.717) is 43.4 Å². The lowest BCUT2D eigenvalue weighted by atomic mass is 10.1. The van der Waals surface area contributed by atoms with Crippen molar-refractivity contribution in [2.24, 2.45) is 0 Å². The van der Waals surface area contributed by atoms with Crippen LogP contribution in [-0.2, 0) is 0 Å². The van der Waals surface area contributed by atoms with Crippen molar-refractivity contribution < 1.29 is 14.3 Å². The van der Waals surface area contributed by atoms with Crippen LogP contribution in [0.3, 0.4) is 0 Å². The molecule has 0 radical (unpaired) electrons. The number of carbonyl (C=O) groups excluding carboxylic acids is 1. The number of urea groups is 1. The van der Waals surface area contributed by atoms with Crippen LogP contribution in [0.25, 0.3) is 0 Å². The molecule has 2 aliphatic heterocycles. The Labute approximate surface area is 182 Å². The Kier molecular flexibility index (Phi) is 6.59. The summed E-state index contributed by atoms with van der Waals surface area (Å²) in [6, 6.07) is 9.36. The Hall–Kier alpha value is -3.23. The number of nitrogens with one attached hydrogen (secondary N) is 1. The molecule has 2 aromatic rings. The number of hydrogen-bond donors (Lipinski definition) is 1. The van der Waals surface area contributed by atoms with Crippen LogP contribution in [0.2, 0.25) is 0 Å². The Morgan fingerprint density at radius 2 is 1.48 bits per heavy atom. The average molecular weight is 427 g/mol. The van der Waals surface area contributed by atoms with Gasteiger partial charge in [0.1, 0.15) is 0 Å². The lowest BCUT2D eigenvalue weighted by Crippen LogP contribution is -2.50. The molecule has 31 heavy (non-hydrogen) atoms. The van der Waals surface area contributed by atoms with Gasteiger partial charge >= 0.3 is 6.03 Å². The molecule has 166 valence electrons. The molecule has 2 aliphatic rings. The van der Waals surface area contributed by atoms with Crippen molar-refractivity contribution in [3.05, 3.63) is 30.3 Å². The summed E-state index contributed by atoms with van der Waals surface area (Å²) in [5.74, 6) is 2.90. The number of ether oxygens (including phenoxy) is 2. The van der Waals surface area contributed by atoms with Gasteiger partial charge in [-0.1, -0.05) is 6.07 Å². The van der Waals surface area contributed by atoms with E-state index in [1.54, 1.807) is 31.3 Å². The van der Waals surface area contributed by atoms with E-state index in [1.807, 2.05) is 12.1 Å². The third kappa shape index (κ3) is 4.76. The first-order chi connectivity index (χ1) is 15.2. The second-order valence-electron chi connectivity index (χ2n) is 7.74. The van der Waals surface area contributed by atoms with Crippen LogP contribution >= 0.6 is 0 Å². The smallest absolute Gasteiger partial charge is 0.322 e. The number of piperazine rings is 1. The minimum Gasteiger partial charge on any atom is -0.493 e. The molecule has 0 saturated carbocycles. The van der Waals surface area contributed by atoms with Gasteiger partial charge < -0.3 is 29.5 Å². The van der Waals surface area contributed by atoms with Gasteiger partial charge in [0.15, 0.2) is 23.1 Å². The van der Waals surface area contributed by atoms with E-state index >= 15 is 0 Å². The van der Waals surface area contributed by atoms with E-state index in [4.69, 9.17) is 9.47 Å². The summed E-state index contributed by atoms with van der Waals surface area (Å²) >= 11 is 0. The van der Waals surface area contributed by atoms with E-state index in [2.05, 4.69) is 31.4 Å². The molecular formula is C22H30N6O3. The number of para-hydroxylation sites is 1. The average Bonchev–Trinajstić information content (AvgIpc) is 2.84. The zero-order valence-corrected chi connectivity index (χ0v) is 18.2. The number of aromatic nitrogens is 2. The maximum Gasteiger partial charge on any atom is 0.322 e. The molecule has 1 aromatic heterocycles. The standard InChI is InChI=1S/C22H30N6O3/c1-30-18-8-6-7-17(21(18)31-2)23-22(29)28-15-13-27(14-16-28)20-10-9-19(24-25-20)26-11-4-3-5-12-26/h6-10H,3-5,11-16H2,1-2H3,(H,23,29). The van der Waals surface area contributed by atoms with Gasteiger partial charge in [-0.05, 0) is 43.5 Å². The van der Waals surface area contributed by atoms with Crippen molar-refractivity contribution >= 4 is 23.4 Å². The second kappa shape index (κ2) is 9.72. The molecule has 1 N–H and O–H groups in total. The highest BCUT2D eigenvalue weighted by molar-refractivity contribution is 5.91. The zero-order valence-electron chi connectivity index (χ0n) is 18.2. The third-order valence-electron chi connectivity index (χ3n) is 5.85. The van der Waals surface area contributed by atoms with Crippen LogP contribution in [0.15, 0.2) is 30.3 Å². The monoisotopic (exact) mass is 426 g/mol. The van der Waals surface area contributed by atoms with Gasteiger partial charge in [-0.3, -0.25) is 0 Å². The van der Waals surface area contributed by atoms with Gasteiger partial charge in [-0.2, -0.15) is 0 Å². The number of nitrogens with zero attached hydrogens (tertiary/aromatic N) is 5. The van der Waals surface area contributed by atoms with Crippen LogP contribution in [0.4, 0.5) is 22.1 Å². The summed E-state index contributed by atoms with van der Waals surface area (Å²) in [4.78, 5) is 19.0. The molecule has 2 saturated heterocycles. The van der Waals surface area contributed by atoms with Crippen LogP contribution in [-0.4, -0.2) is 74.6 Å². The minimum absolute atomic E-state index is 0.155. The number of anilines is 3. The normalized spacial score (nSPS) is 16.8. The number of hydrogen-bond acceptors (Lipinski definition) is 7. The first-order valence-corrected chi connectivity index (χ1v) is 10.8. The van der Waals surface area contributed by atoms with Gasteiger partial charge in [0.05, 0.1) is 19.9 Å². The summed E-state index contributed by atoms with van der Waals surface area (Å²) in [5, 5.41) is 11.8. The van der Waals surface area contributed by atoms with Crippen LogP contribution < -0.4 is 24.6 Å². The number of methoxy groups -OCH3 is 2. The molecule has 0 spiro atoms. The van der Waals surface area contributed by atoms with Crippen LogP contribution in [0.5, 0.6) is 11.5 Å². The lowest BCUT2D eigenvalue weighted by Gasteiger charge is -2.35. The highest BCUT2D eigenvalue weighted by atomic mass is 16.5. The van der Waals surface area contributed by atoms with Crippen molar-refractivity contribution in [3.8, 4) is 11.5 Å². The SMILES string of the molecule is COc1cccc(NC(=O)N2CCN(c3ccc(N4CCCCC4)nn3)CC2)c1OC. The minimum atomic E-state index is -0.155.